The summed E-state index contributed by atoms with van der Waals surface area (Å²) in [6.07, 6.45) is 6.10. The van der Waals surface area contributed by atoms with E-state index in [0.29, 0.717) is 11.6 Å². The summed E-state index contributed by atoms with van der Waals surface area (Å²) < 4.78 is 17.2. The van der Waals surface area contributed by atoms with E-state index in [1.807, 2.05) is 0 Å². The highest BCUT2D eigenvalue weighted by molar-refractivity contribution is 6.62. The summed E-state index contributed by atoms with van der Waals surface area (Å²) >= 11 is 0. The Morgan fingerprint density at radius 2 is 1.79 bits per heavy atom. The molecule has 4 nitrogen and oxygen atoms in total. The van der Waals surface area contributed by atoms with Gasteiger partial charge in [0.25, 0.3) is 0 Å². The molecule has 1 aliphatic rings. The van der Waals surface area contributed by atoms with Gasteiger partial charge < -0.3 is 18.2 Å². The molecule has 5 heteroatoms. The molecule has 0 saturated carbocycles. The van der Waals surface area contributed by atoms with Crippen LogP contribution in [-0.2, 0) is 13.3 Å². The predicted molar refractivity (Wildman–Crippen MR) is 80.3 cm³/mol. The number of unbranched alkanes of at least 4 members (excludes halogenated alkanes) is 1. The zero-order chi connectivity index (χ0) is 14.3. The molecule has 1 heterocycles. The molecule has 1 fully saturated rings. The molecule has 0 aliphatic carbocycles. The zero-order valence-electron chi connectivity index (χ0n) is 13.3. The third-order valence-corrected chi connectivity index (χ3v) is 7.83. The summed E-state index contributed by atoms with van der Waals surface area (Å²) in [6.45, 7) is 6.88. The number of hydrogen-bond donors (Lipinski definition) is 0. The summed E-state index contributed by atoms with van der Waals surface area (Å²) in [6, 6.07) is 0.558. The number of likely N-dealkylation sites (tertiary alicyclic amines) is 1. The molecule has 0 spiro atoms. The monoisotopic (exact) mass is 289 g/mol. The van der Waals surface area contributed by atoms with Gasteiger partial charge in [-0.25, -0.2) is 0 Å². The van der Waals surface area contributed by atoms with E-state index in [4.69, 9.17) is 13.3 Å². The van der Waals surface area contributed by atoms with Crippen molar-refractivity contribution in [3.05, 3.63) is 0 Å². The zero-order valence-corrected chi connectivity index (χ0v) is 14.3. The van der Waals surface area contributed by atoms with Crippen LogP contribution in [0.5, 0.6) is 0 Å². The first kappa shape index (κ1) is 17.1. The fourth-order valence-corrected chi connectivity index (χ4v) is 6.17. The first-order chi connectivity index (χ1) is 9.18. The fourth-order valence-electron chi connectivity index (χ4n) is 3.41. The molecule has 0 aromatic rings. The van der Waals surface area contributed by atoms with Crippen LogP contribution in [0.25, 0.3) is 0 Å². The molecular formula is C14H31NO3Si. The van der Waals surface area contributed by atoms with Gasteiger partial charge in [0.05, 0.1) is 0 Å². The van der Waals surface area contributed by atoms with Gasteiger partial charge in [-0.3, -0.25) is 0 Å². The smallest absolute Gasteiger partial charge is 0.377 e. The van der Waals surface area contributed by atoms with E-state index in [1.54, 1.807) is 21.3 Å². The quantitative estimate of drug-likeness (QED) is 0.611. The lowest BCUT2D eigenvalue weighted by Gasteiger charge is -2.39. The van der Waals surface area contributed by atoms with Crippen LogP contribution in [-0.4, -0.2) is 54.2 Å². The van der Waals surface area contributed by atoms with Crippen molar-refractivity contribution in [1.82, 2.24) is 4.90 Å². The van der Waals surface area contributed by atoms with Gasteiger partial charge in [0, 0.05) is 32.9 Å². The van der Waals surface area contributed by atoms with Gasteiger partial charge in [-0.15, -0.1) is 0 Å². The number of rotatable bonds is 9. The molecule has 114 valence electrons. The van der Waals surface area contributed by atoms with Crippen LogP contribution >= 0.6 is 0 Å². The fraction of sp³-hybridized carbons (Fsp3) is 1.00. The van der Waals surface area contributed by atoms with Gasteiger partial charge >= 0.3 is 8.80 Å². The first-order valence-corrected chi connectivity index (χ1v) is 9.38. The van der Waals surface area contributed by atoms with Crippen molar-refractivity contribution in [2.24, 2.45) is 0 Å². The van der Waals surface area contributed by atoms with Crippen molar-refractivity contribution in [1.29, 1.82) is 0 Å². The molecule has 0 N–H and O–H groups in total. The van der Waals surface area contributed by atoms with E-state index in [0.717, 1.165) is 6.42 Å². The SMILES string of the molecule is CCCCN1CCCC1C(CC)[Si](OC)(OC)OC. The highest BCUT2D eigenvalue weighted by Crippen LogP contribution is 2.38. The van der Waals surface area contributed by atoms with Crippen LogP contribution < -0.4 is 0 Å². The van der Waals surface area contributed by atoms with Crippen molar-refractivity contribution in [3.63, 3.8) is 0 Å². The lowest BCUT2D eigenvalue weighted by Crippen LogP contribution is -2.54. The minimum Gasteiger partial charge on any atom is -0.377 e. The Bertz CT molecular complexity index is 241. The minimum atomic E-state index is -2.53. The Labute approximate surface area is 119 Å². The maximum absolute atomic E-state index is 5.72. The second-order valence-electron chi connectivity index (χ2n) is 5.33. The van der Waals surface area contributed by atoms with Crippen LogP contribution in [0.3, 0.4) is 0 Å². The second-order valence-corrected chi connectivity index (χ2v) is 8.50. The lowest BCUT2D eigenvalue weighted by molar-refractivity contribution is 0.0910. The maximum Gasteiger partial charge on any atom is 0.505 e. The van der Waals surface area contributed by atoms with Gasteiger partial charge in [0.1, 0.15) is 0 Å². The van der Waals surface area contributed by atoms with E-state index in [2.05, 4.69) is 18.7 Å². The molecule has 0 amide bonds. The Kier molecular flexibility index (Phi) is 7.53. The van der Waals surface area contributed by atoms with Gasteiger partial charge in [-0.05, 0) is 38.8 Å². The van der Waals surface area contributed by atoms with E-state index in [9.17, 15) is 0 Å². The minimum absolute atomic E-state index is 0.381. The standard InChI is InChI=1S/C14H31NO3Si/c1-6-8-11-15-12-9-10-13(15)14(7-2)19(16-3,17-4)18-5/h13-14H,6-12H2,1-5H3. The summed E-state index contributed by atoms with van der Waals surface area (Å²) in [4.78, 5) is 2.62. The molecule has 0 aromatic heterocycles. The van der Waals surface area contributed by atoms with Gasteiger partial charge in [-0.2, -0.15) is 0 Å². The molecule has 0 aromatic carbocycles. The summed E-state index contributed by atoms with van der Waals surface area (Å²) in [5, 5.41) is 0. The van der Waals surface area contributed by atoms with Crippen LogP contribution in [0.2, 0.25) is 5.54 Å². The highest BCUT2D eigenvalue weighted by atomic mass is 28.4. The topological polar surface area (TPSA) is 30.9 Å². The number of hydrogen-bond acceptors (Lipinski definition) is 4. The van der Waals surface area contributed by atoms with Crippen LogP contribution in [0.1, 0.15) is 46.0 Å². The highest BCUT2D eigenvalue weighted by Gasteiger charge is 2.51. The second kappa shape index (κ2) is 8.37. The molecular weight excluding hydrogens is 258 g/mol. The first-order valence-electron chi connectivity index (χ1n) is 7.58. The van der Waals surface area contributed by atoms with E-state index in [1.165, 1.54) is 38.8 Å². The largest absolute Gasteiger partial charge is 0.505 e. The Balaban J connectivity index is 2.82. The van der Waals surface area contributed by atoms with Crippen LogP contribution in [0.4, 0.5) is 0 Å². The van der Waals surface area contributed by atoms with Crippen molar-refractivity contribution < 1.29 is 13.3 Å². The Hall–Kier alpha value is 0.0569. The summed E-state index contributed by atoms with van der Waals surface area (Å²) in [5.41, 5.74) is 0.381. The molecule has 0 bridgehead atoms. The molecule has 1 aliphatic heterocycles. The van der Waals surface area contributed by atoms with E-state index in [-0.39, 0.29) is 0 Å². The maximum atomic E-state index is 5.72. The lowest BCUT2D eigenvalue weighted by atomic mass is 10.1. The molecule has 1 rings (SSSR count). The average Bonchev–Trinajstić information content (AvgIpc) is 2.90. The Morgan fingerprint density at radius 1 is 1.16 bits per heavy atom. The van der Waals surface area contributed by atoms with Gasteiger partial charge in [-0.1, -0.05) is 20.3 Å². The van der Waals surface area contributed by atoms with Crippen molar-refractivity contribution in [3.8, 4) is 0 Å². The molecule has 0 radical (unpaired) electrons. The van der Waals surface area contributed by atoms with Crippen molar-refractivity contribution >= 4 is 8.80 Å². The molecule has 2 unspecified atom stereocenters. The number of nitrogens with zero attached hydrogens (tertiary/aromatic N) is 1. The Morgan fingerprint density at radius 3 is 2.26 bits per heavy atom. The molecule has 2 atom stereocenters. The van der Waals surface area contributed by atoms with Crippen LogP contribution in [0.15, 0.2) is 0 Å². The van der Waals surface area contributed by atoms with Crippen molar-refractivity contribution in [2.45, 2.75) is 57.5 Å². The van der Waals surface area contributed by atoms with Gasteiger partial charge in [0.15, 0.2) is 0 Å². The third-order valence-electron chi connectivity index (χ3n) is 4.43. The average molecular weight is 289 g/mol. The third kappa shape index (κ3) is 3.79. The van der Waals surface area contributed by atoms with Gasteiger partial charge in [0.2, 0.25) is 0 Å². The summed E-state index contributed by atoms with van der Waals surface area (Å²) in [7, 11) is 2.65. The normalized spacial score (nSPS) is 22.9. The predicted octanol–water partition coefficient (Wildman–Crippen LogP) is 2.91. The molecule has 1 saturated heterocycles. The van der Waals surface area contributed by atoms with Crippen LogP contribution in [0, 0.1) is 0 Å². The van der Waals surface area contributed by atoms with E-state index < -0.39 is 8.80 Å². The molecule has 19 heavy (non-hydrogen) atoms. The van der Waals surface area contributed by atoms with Crippen molar-refractivity contribution in [2.75, 3.05) is 34.4 Å². The summed E-state index contributed by atoms with van der Waals surface area (Å²) in [5.74, 6) is 0. The van der Waals surface area contributed by atoms with E-state index >= 15 is 0 Å².